The van der Waals surface area contributed by atoms with Crippen molar-refractivity contribution in [2.45, 2.75) is 17.8 Å². The third kappa shape index (κ3) is 0.770. The van der Waals surface area contributed by atoms with Crippen molar-refractivity contribution in [2.75, 3.05) is 0 Å². The Morgan fingerprint density at radius 1 is 1.20 bits per heavy atom. The van der Waals surface area contributed by atoms with E-state index in [1.54, 1.807) is 5.32 Å². The molecule has 84 valence electrons. The smallest absolute Gasteiger partial charge is 0.328 e. The Balaban J connectivity index is 2.44. The monoisotopic (exact) mass is 232 g/mol. The van der Waals surface area contributed by atoms with Gasteiger partial charge in [-0.2, -0.15) is 17.6 Å². The molecule has 9 heteroatoms. The number of hydrogen-bond acceptors (Lipinski definition) is 2. The lowest BCUT2D eigenvalue weighted by Crippen LogP contribution is -2.82. The van der Waals surface area contributed by atoms with E-state index in [-0.39, 0.29) is 0 Å². The third-order valence-corrected chi connectivity index (χ3v) is 2.26. The van der Waals surface area contributed by atoms with Crippen LogP contribution in [0, 0.1) is 0 Å². The Morgan fingerprint density at radius 3 is 2.00 bits per heavy atom. The minimum atomic E-state index is -5.28. The minimum absolute atomic E-state index is 0.415. The Hall–Kier alpha value is -1.25. The van der Waals surface area contributed by atoms with Crippen LogP contribution in [0.2, 0.25) is 0 Å². The molecule has 0 saturated carbocycles. The fourth-order valence-electron chi connectivity index (χ4n) is 1.31. The highest BCUT2D eigenvalue weighted by Crippen LogP contribution is 2.63. The van der Waals surface area contributed by atoms with Gasteiger partial charge in [-0.15, -0.1) is 4.48 Å². The highest BCUT2D eigenvalue weighted by molar-refractivity contribution is 6.02. The molecule has 15 heavy (non-hydrogen) atoms. The molecule has 1 fully saturated rings. The second kappa shape index (κ2) is 2.29. The summed E-state index contributed by atoms with van der Waals surface area (Å²) in [6.45, 7) is 0. The van der Waals surface area contributed by atoms with Crippen molar-refractivity contribution in [3.8, 4) is 0 Å². The Labute approximate surface area is 78.3 Å². The summed E-state index contributed by atoms with van der Waals surface area (Å²) in [4.78, 5) is 10.5. The lowest BCUT2D eigenvalue weighted by Gasteiger charge is -2.53. The molecule has 2 aliphatic heterocycles. The highest BCUT2D eigenvalue weighted by atomic mass is 19.3. The Bertz CT molecular complexity index is 380. The first-order valence-corrected chi connectivity index (χ1v) is 3.59. The van der Waals surface area contributed by atoms with E-state index in [1.807, 2.05) is 0 Å². The lowest BCUT2D eigenvalue weighted by molar-refractivity contribution is -0.506. The summed E-state index contributed by atoms with van der Waals surface area (Å²) >= 11 is 0. The number of alkyl halides is 5. The van der Waals surface area contributed by atoms with Crippen LogP contribution in [0.3, 0.4) is 0 Å². The maximum Gasteiger partial charge on any atom is 0.401 e. The molecule has 0 aromatic heterocycles. The molecule has 0 aliphatic carbocycles. The minimum Gasteiger partial charge on any atom is -0.328 e. The largest absolute Gasteiger partial charge is 0.401 e. The van der Waals surface area contributed by atoms with Crippen molar-refractivity contribution in [2.24, 2.45) is 0 Å². The highest BCUT2D eigenvalue weighted by Gasteiger charge is 2.91. The van der Waals surface area contributed by atoms with Crippen LogP contribution < -0.4 is 5.32 Å². The predicted molar refractivity (Wildman–Crippen MR) is 32.9 cm³/mol. The fraction of sp³-hybridized carbons (Fsp3) is 0.500. The van der Waals surface area contributed by atoms with Crippen LogP contribution in [0.4, 0.5) is 26.4 Å². The van der Waals surface area contributed by atoms with Crippen molar-refractivity contribution < 1.29 is 31.2 Å². The van der Waals surface area contributed by atoms with Crippen molar-refractivity contribution >= 4 is 5.91 Å². The van der Waals surface area contributed by atoms with Crippen LogP contribution in [-0.2, 0) is 4.79 Å². The number of nitrogens with one attached hydrogen (secondary N) is 1. The number of amides is 1. The number of halogens is 6. The molecule has 1 atom stereocenters. The lowest BCUT2D eigenvalue weighted by atomic mass is 9.85. The van der Waals surface area contributed by atoms with Gasteiger partial charge < -0.3 is 5.32 Å². The number of hydrogen-bond donors (Lipinski definition) is 1. The quantitative estimate of drug-likeness (QED) is 0.417. The van der Waals surface area contributed by atoms with Gasteiger partial charge in [-0.05, 0) is 5.12 Å². The summed E-state index contributed by atoms with van der Waals surface area (Å²) < 4.78 is 75.5. The van der Waals surface area contributed by atoms with Crippen molar-refractivity contribution in [1.82, 2.24) is 10.4 Å². The van der Waals surface area contributed by atoms with Gasteiger partial charge in [0, 0.05) is 6.20 Å². The molecule has 2 heterocycles. The third-order valence-electron chi connectivity index (χ3n) is 2.26. The molecule has 2 rings (SSSR count). The molecule has 0 radical (unpaired) electrons. The molecule has 0 aromatic rings. The Morgan fingerprint density at radius 2 is 1.73 bits per heavy atom. The molecular weight excluding hydrogens is 230 g/mol. The van der Waals surface area contributed by atoms with E-state index in [9.17, 15) is 31.2 Å². The van der Waals surface area contributed by atoms with Gasteiger partial charge in [0.05, 0.1) is 5.57 Å². The van der Waals surface area contributed by atoms with Gasteiger partial charge in [0.15, 0.2) is 0 Å². The van der Waals surface area contributed by atoms with E-state index in [4.69, 9.17) is 0 Å². The molecular formula is C6H2F6N2O. The van der Waals surface area contributed by atoms with E-state index in [0.29, 0.717) is 6.20 Å². The normalized spacial score (nSPS) is 37.5. The van der Waals surface area contributed by atoms with Gasteiger partial charge in [0.2, 0.25) is 0 Å². The zero-order valence-electron chi connectivity index (χ0n) is 6.70. The predicted octanol–water partition coefficient (Wildman–Crippen LogP) is 1.09. The second-order valence-corrected chi connectivity index (χ2v) is 3.05. The molecule has 0 spiro atoms. The fourth-order valence-corrected chi connectivity index (χ4v) is 1.31. The summed E-state index contributed by atoms with van der Waals surface area (Å²) in [6, 6.07) is -5.25. The summed E-state index contributed by atoms with van der Waals surface area (Å²) in [5.41, 5.74) is -1.36. The topological polar surface area (TPSA) is 32.3 Å². The summed E-state index contributed by atoms with van der Waals surface area (Å²) in [5.74, 6) is -11.0. The van der Waals surface area contributed by atoms with E-state index >= 15 is 0 Å². The second-order valence-electron chi connectivity index (χ2n) is 3.05. The van der Waals surface area contributed by atoms with Gasteiger partial charge in [-0.25, -0.2) is 4.39 Å². The first-order valence-electron chi connectivity index (χ1n) is 3.59. The van der Waals surface area contributed by atoms with Crippen LogP contribution in [-0.4, -0.2) is 28.8 Å². The van der Waals surface area contributed by atoms with Crippen LogP contribution in [0.15, 0.2) is 11.8 Å². The van der Waals surface area contributed by atoms with E-state index in [1.165, 1.54) is 0 Å². The summed E-state index contributed by atoms with van der Waals surface area (Å²) in [5, 5.41) is -0.248. The average molecular weight is 232 g/mol. The van der Waals surface area contributed by atoms with Gasteiger partial charge >= 0.3 is 12.0 Å². The molecule has 3 nitrogen and oxygen atoms in total. The van der Waals surface area contributed by atoms with E-state index in [0.717, 1.165) is 0 Å². The SMILES string of the molecule is O=C1NC=C1C1(F)N(F)C(F)(F)C1(F)F. The molecule has 2 aliphatic rings. The van der Waals surface area contributed by atoms with Crippen LogP contribution in [0.1, 0.15) is 0 Å². The average Bonchev–Trinajstić information content (AvgIpc) is 2.12. The van der Waals surface area contributed by atoms with Gasteiger partial charge in [-0.3, -0.25) is 4.79 Å². The van der Waals surface area contributed by atoms with Crippen LogP contribution >= 0.6 is 0 Å². The summed E-state index contributed by atoms with van der Waals surface area (Å²) in [6.07, 6.45) is 0.415. The maximum atomic E-state index is 13.3. The number of carbonyl (C=O) groups excluding carboxylic acids is 1. The van der Waals surface area contributed by atoms with E-state index in [2.05, 4.69) is 0 Å². The molecule has 1 amide bonds. The number of carbonyl (C=O) groups is 1. The van der Waals surface area contributed by atoms with Crippen LogP contribution in [0.5, 0.6) is 0 Å². The molecule has 1 N–H and O–H groups in total. The first-order chi connectivity index (χ1) is 6.67. The van der Waals surface area contributed by atoms with Gasteiger partial charge in [0.25, 0.3) is 11.7 Å². The molecule has 1 unspecified atom stereocenters. The van der Waals surface area contributed by atoms with Crippen molar-refractivity contribution in [1.29, 1.82) is 0 Å². The van der Waals surface area contributed by atoms with Gasteiger partial charge in [0.1, 0.15) is 0 Å². The molecule has 1 saturated heterocycles. The zero-order chi connectivity index (χ0) is 11.6. The summed E-state index contributed by atoms with van der Waals surface area (Å²) in [7, 11) is 0. The first kappa shape index (κ1) is 10.3. The Kier molecular flexibility index (Phi) is 1.57. The van der Waals surface area contributed by atoms with Gasteiger partial charge in [-0.1, -0.05) is 0 Å². The number of nitrogens with zero attached hydrogens (tertiary/aromatic N) is 1. The molecule has 0 bridgehead atoms. The van der Waals surface area contributed by atoms with Crippen molar-refractivity contribution in [3.63, 3.8) is 0 Å². The van der Waals surface area contributed by atoms with Crippen LogP contribution in [0.25, 0.3) is 0 Å². The van der Waals surface area contributed by atoms with E-state index < -0.39 is 34.4 Å². The maximum absolute atomic E-state index is 13.3. The molecule has 0 aromatic carbocycles. The zero-order valence-corrected chi connectivity index (χ0v) is 6.70. The number of rotatable bonds is 1. The van der Waals surface area contributed by atoms with Crippen molar-refractivity contribution in [3.05, 3.63) is 11.8 Å². The standard InChI is InChI=1S/C6H2F6N2O/c7-4(2-1-13-3(2)15)5(8,9)6(10,11)14(4)12/h1H,(H,13,15).